The number of rotatable bonds is 10. The van der Waals surface area contributed by atoms with Gasteiger partial charge in [0.15, 0.2) is 5.78 Å². The fourth-order valence-corrected chi connectivity index (χ4v) is 4.91. The third kappa shape index (κ3) is 5.87. The zero-order chi connectivity index (χ0) is 27.4. The first-order valence-corrected chi connectivity index (χ1v) is 13.4. The molecule has 0 spiro atoms. The largest absolute Gasteiger partial charge is 0.383 e. The topological polar surface area (TPSA) is 69.4 Å². The highest BCUT2D eigenvalue weighted by Gasteiger charge is 2.25. The first-order valence-electron chi connectivity index (χ1n) is 12.6. The van der Waals surface area contributed by atoms with Crippen molar-refractivity contribution in [3.63, 3.8) is 0 Å². The molecule has 0 unspecified atom stereocenters. The fraction of sp³-hybridized carbons (Fsp3) is 0.194. The first-order chi connectivity index (χ1) is 18.9. The smallest absolute Gasteiger partial charge is 0.255 e. The first kappa shape index (κ1) is 26.6. The molecule has 3 aromatic carbocycles. The molecule has 0 saturated carbocycles. The molecule has 0 aliphatic rings. The number of carbonyl (C=O) groups excluding carboxylic acids is 2. The minimum atomic E-state index is -0.224. The second-order valence-corrected chi connectivity index (χ2v) is 10.4. The summed E-state index contributed by atoms with van der Waals surface area (Å²) in [6.45, 7) is 1.95. The second kappa shape index (κ2) is 11.8. The number of amides is 1. The van der Waals surface area contributed by atoms with Crippen LogP contribution in [0.3, 0.4) is 0 Å². The summed E-state index contributed by atoms with van der Waals surface area (Å²) < 4.78 is 10.2. The summed E-state index contributed by atoms with van der Waals surface area (Å²) >= 11 is 3.48. The van der Waals surface area contributed by atoms with E-state index in [1.807, 2.05) is 65.4 Å². The van der Waals surface area contributed by atoms with Gasteiger partial charge >= 0.3 is 0 Å². The van der Waals surface area contributed by atoms with Crippen molar-refractivity contribution in [2.24, 2.45) is 0 Å². The Morgan fingerprint density at radius 2 is 1.67 bits per heavy atom. The molecule has 0 fully saturated rings. The van der Waals surface area contributed by atoms with Crippen LogP contribution in [0.4, 0.5) is 0 Å². The third-order valence-corrected chi connectivity index (χ3v) is 7.30. The van der Waals surface area contributed by atoms with Crippen LogP contribution in [-0.2, 0) is 17.8 Å². The third-order valence-electron chi connectivity index (χ3n) is 6.78. The number of methoxy groups -OCH3 is 1. The van der Waals surface area contributed by atoms with E-state index in [1.54, 1.807) is 37.8 Å². The molecular formula is C31H29BrN4O3. The van der Waals surface area contributed by atoms with Gasteiger partial charge in [0.05, 0.1) is 36.3 Å². The molecule has 0 bridgehead atoms. The molecule has 39 heavy (non-hydrogen) atoms. The number of halogens is 1. The number of nitrogens with zero attached hydrogens (tertiary/aromatic N) is 4. The number of imidazole rings is 1. The van der Waals surface area contributed by atoms with Crippen LogP contribution in [0.15, 0.2) is 96.1 Å². The van der Waals surface area contributed by atoms with Crippen LogP contribution in [0.25, 0.3) is 10.8 Å². The Kier molecular flexibility index (Phi) is 8.05. The molecule has 0 N–H and O–H groups in total. The highest BCUT2D eigenvalue weighted by molar-refractivity contribution is 9.10. The average Bonchev–Trinajstić information content (AvgIpc) is 3.58. The molecule has 0 atom stereocenters. The van der Waals surface area contributed by atoms with Crippen LogP contribution < -0.4 is 0 Å². The fourth-order valence-electron chi connectivity index (χ4n) is 4.65. The lowest BCUT2D eigenvalue weighted by molar-refractivity contribution is 0.0740. The van der Waals surface area contributed by atoms with E-state index in [-0.39, 0.29) is 11.7 Å². The van der Waals surface area contributed by atoms with E-state index < -0.39 is 0 Å². The molecule has 0 saturated heterocycles. The van der Waals surface area contributed by atoms with Crippen LogP contribution in [0, 0.1) is 0 Å². The Labute approximate surface area is 235 Å². The summed E-state index contributed by atoms with van der Waals surface area (Å²) in [5.74, 6) is -0.407. The summed E-state index contributed by atoms with van der Waals surface area (Å²) in [6, 6.07) is 21.6. The van der Waals surface area contributed by atoms with Gasteiger partial charge in [-0.25, -0.2) is 4.98 Å². The number of ether oxygens (including phenoxy) is 1. The Balaban J connectivity index is 1.50. The summed E-state index contributed by atoms with van der Waals surface area (Å²) in [5.41, 5.74) is 3.42. The van der Waals surface area contributed by atoms with Gasteiger partial charge in [0.25, 0.3) is 5.91 Å². The molecule has 5 aromatic rings. The van der Waals surface area contributed by atoms with Crippen molar-refractivity contribution in [2.45, 2.75) is 13.1 Å². The van der Waals surface area contributed by atoms with Gasteiger partial charge in [-0.15, -0.1) is 0 Å². The van der Waals surface area contributed by atoms with Crippen LogP contribution in [-0.4, -0.2) is 58.0 Å². The molecule has 7 nitrogen and oxygen atoms in total. The molecule has 198 valence electrons. The van der Waals surface area contributed by atoms with Gasteiger partial charge in [-0.05, 0) is 28.5 Å². The molecular weight excluding hydrogens is 556 g/mol. The van der Waals surface area contributed by atoms with Crippen molar-refractivity contribution in [1.82, 2.24) is 19.0 Å². The Hall–Kier alpha value is -4.01. The van der Waals surface area contributed by atoms with E-state index in [2.05, 4.69) is 37.6 Å². The number of fused-ring (bicyclic) bond motifs is 1. The Morgan fingerprint density at radius 1 is 0.923 bits per heavy atom. The predicted molar refractivity (Wildman–Crippen MR) is 155 cm³/mol. The quantitative estimate of drug-likeness (QED) is 0.199. The van der Waals surface area contributed by atoms with Crippen molar-refractivity contribution in [3.8, 4) is 0 Å². The van der Waals surface area contributed by atoms with Crippen LogP contribution >= 0.6 is 15.9 Å². The molecule has 0 radical (unpaired) electrons. The number of aromatic nitrogens is 3. The number of hydrogen-bond donors (Lipinski definition) is 0. The lowest BCUT2D eigenvalue weighted by Gasteiger charge is -2.16. The standard InChI is InChI=1S/C31H29BrN4O3/c1-34(14-15-39-2)31(38)29-20-35(18-25-16-33-21-36(25)17-22-10-12-24(32)13-11-22)19-28(29)30(37)27-9-5-7-23-6-3-4-8-26(23)27/h3-13,16,19-21H,14-15,17-18H2,1-2H3. The minimum Gasteiger partial charge on any atom is -0.383 e. The number of ketones is 1. The molecule has 2 heterocycles. The van der Waals surface area contributed by atoms with Gasteiger partial charge in [0.1, 0.15) is 0 Å². The van der Waals surface area contributed by atoms with Crippen LogP contribution in [0.1, 0.15) is 37.5 Å². The molecule has 2 aromatic heterocycles. The summed E-state index contributed by atoms with van der Waals surface area (Å²) in [4.78, 5) is 33.4. The molecule has 1 amide bonds. The van der Waals surface area contributed by atoms with Crippen molar-refractivity contribution >= 4 is 38.4 Å². The van der Waals surface area contributed by atoms with Gasteiger partial charge in [0, 0.05) is 55.9 Å². The van der Waals surface area contributed by atoms with Crippen molar-refractivity contribution in [2.75, 3.05) is 27.3 Å². The highest BCUT2D eigenvalue weighted by atomic mass is 79.9. The van der Waals surface area contributed by atoms with E-state index in [0.717, 1.165) is 26.5 Å². The van der Waals surface area contributed by atoms with Crippen LogP contribution in [0.5, 0.6) is 0 Å². The minimum absolute atomic E-state index is 0.183. The van der Waals surface area contributed by atoms with Crippen molar-refractivity contribution < 1.29 is 14.3 Å². The maximum atomic E-state index is 13.9. The molecule has 8 heteroatoms. The summed E-state index contributed by atoms with van der Waals surface area (Å²) in [6.07, 6.45) is 7.16. The zero-order valence-corrected chi connectivity index (χ0v) is 23.5. The number of benzene rings is 3. The average molecular weight is 586 g/mol. The molecule has 0 aliphatic heterocycles. The van der Waals surface area contributed by atoms with Gasteiger partial charge < -0.3 is 18.8 Å². The lowest BCUT2D eigenvalue weighted by Crippen LogP contribution is -2.30. The zero-order valence-electron chi connectivity index (χ0n) is 21.9. The Bertz CT molecular complexity index is 1620. The van der Waals surface area contributed by atoms with Gasteiger partial charge in [0.2, 0.25) is 0 Å². The molecule has 0 aliphatic carbocycles. The SMILES string of the molecule is COCCN(C)C(=O)c1cn(Cc2cncn2Cc2ccc(Br)cc2)cc1C(=O)c1cccc2ccccc12. The van der Waals surface area contributed by atoms with Gasteiger partial charge in [-0.2, -0.15) is 0 Å². The lowest BCUT2D eigenvalue weighted by atomic mass is 9.96. The van der Waals surface area contributed by atoms with Crippen LogP contribution in [0.2, 0.25) is 0 Å². The van der Waals surface area contributed by atoms with Crippen molar-refractivity contribution in [1.29, 1.82) is 0 Å². The maximum Gasteiger partial charge on any atom is 0.255 e. The second-order valence-electron chi connectivity index (χ2n) is 9.47. The summed E-state index contributed by atoms with van der Waals surface area (Å²) in [5, 5.41) is 1.83. The molecule has 5 rings (SSSR count). The highest BCUT2D eigenvalue weighted by Crippen LogP contribution is 2.25. The van der Waals surface area contributed by atoms with Gasteiger partial charge in [-0.1, -0.05) is 70.5 Å². The van der Waals surface area contributed by atoms with E-state index in [9.17, 15) is 9.59 Å². The maximum absolute atomic E-state index is 13.9. The normalized spacial score (nSPS) is 11.2. The number of likely N-dealkylation sites (N-methyl/N-ethyl adjacent to an activating group) is 1. The van der Waals surface area contributed by atoms with E-state index in [4.69, 9.17) is 4.74 Å². The van der Waals surface area contributed by atoms with E-state index in [0.29, 0.717) is 42.9 Å². The summed E-state index contributed by atoms with van der Waals surface area (Å²) in [7, 11) is 3.32. The predicted octanol–water partition coefficient (Wildman–Crippen LogP) is 5.65. The van der Waals surface area contributed by atoms with E-state index in [1.165, 1.54) is 0 Å². The van der Waals surface area contributed by atoms with Crippen molar-refractivity contribution in [3.05, 3.63) is 124 Å². The Morgan fingerprint density at radius 3 is 2.46 bits per heavy atom. The van der Waals surface area contributed by atoms with Gasteiger partial charge in [-0.3, -0.25) is 9.59 Å². The number of carbonyl (C=O) groups is 2. The monoisotopic (exact) mass is 584 g/mol. The number of hydrogen-bond acceptors (Lipinski definition) is 4. The van der Waals surface area contributed by atoms with E-state index >= 15 is 0 Å².